The Hall–Kier alpha value is -2.73. The first-order chi connectivity index (χ1) is 12.1. The first kappa shape index (κ1) is 18.6. The number of nitrogens with one attached hydrogen (secondary N) is 1. The number of para-hydroxylation sites is 1. The molecule has 25 heavy (non-hydrogen) atoms. The number of rotatable bonds is 8. The van der Waals surface area contributed by atoms with Gasteiger partial charge in [-0.2, -0.15) is 0 Å². The van der Waals surface area contributed by atoms with Gasteiger partial charge in [-0.05, 0) is 29.8 Å². The van der Waals surface area contributed by atoms with Crippen molar-refractivity contribution in [2.45, 2.75) is 6.54 Å². The van der Waals surface area contributed by atoms with E-state index in [-0.39, 0.29) is 13.2 Å². The molecule has 0 radical (unpaired) electrons. The molecule has 0 aromatic heterocycles. The van der Waals surface area contributed by atoms with E-state index in [1.54, 1.807) is 31.4 Å². The molecule has 132 valence electrons. The van der Waals surface area contributed by atoms with E-state index in [0.717, 1.165) is 5.56 Å². The number of carbonyl (C=O) groups is 2. The summed E-state index contributed by atoms with van der Waals surface area (Å²) in [5, 5.41) is 3.05. The third-order valence-corrected chi connectivity index (χ3v) is 3.48. The highest BCUT2D eigenvalue weighted by atomic mass is 35.5. The second kappa shape index (κ2) is 9.54. The molecule has 1 N–H and O–H groups in total. The lowest BCUT2D eigenvalue weighted by atomic mass is 10.2. The molecule has 6 nitrogen and oxygen atoms in total. The van der Waals surface area contributed by atoms with Crippen molar-refractivity contribution in [1.82, 2.24) is 5.32 Å². The average Bonchev–Trinajstić information content (AvgIpc) is 2.64. The van der Waals surface area contributed by atoms with Crippen molar-refractivity contribution in [2.75, 3.05) is 20.3 Å². The fourth-order valence-corrected chi connectivity index (χ4v) is 2.11. The zero-order valence-corrected chi connectivity index (χ0v) is 14.4. The molecule has 0 aliphatic heterocycles. The van der Waals surface area contributed by atoms with Crippen LogP contribution in [0.3, 0.4) is 0 Å². The summed E-state index contributed by atoms with van der Waals surface area (Å²) < 4.78 is 15.2. The summed E-state index contributed by atoms with van der Waals surface area (Å²) in [7, 11) is 1.57. The quantitative estimate of drug-likeness (QED) is 0.730. The van der Waals surface area contributed by atoms with Gasteiger partial charge in [0, 0.05) is 6.54 Å². The van der Waals surface area contributed by atoms with Gasteiger partial charge in [-0.25, -0.2) is 4.79 Å². The lowest BCUT2D eigenvalue weighted by Gasteiger charge is -2.09. The molecule has 0 bridgehead atoms. The molecule has 2 aromatic carbocycles. The molecule has 0 heterocycles. The number of ether oxygens (including phenoxy) is 3. The van der Waals surface area contributed by atoms with Crippen LogP contribution in [0.25, 0.3) is 0 Å². The van der Waals surface area contributed by atoms with Crippen molar-refractivity contribution in [1.29, 1.82) is 0 Å². The second-order valence-electron chi connectivity index (χ2n) is 5.01. The minimum absolute atomic E-state index is 0.309. The highest BCUT2D eigenvalue weighted by molar-refractivity contribution is 6.32. The van der Waals surface area contributed by atoms with Gasteiger partial charge in [0.15, 0.2) is 13.2 Å². The molecule has 0 spiro atoms. The fourth-order valence-electron chi connectivity index (χ4n) is 1.92. The van der Waals surface area contributed by atoms with Crippen LogP contribution in [0.15, 0.2) is 48.5 Å². The summed E-state index contributed by atoms with van der Waals surface area (Å²) in [6.07, 6.45) is 0. The Labute approximate surface area is 150 Å². The Morgan fingerprint density at radius 3 is 2.64 bits per heavy atom. The van der Waals surface area contributed by atoms with Crippen LogP contribution in [0.4, 0.5) is 0 Å². The number of amides is 1. The molecule has 2 rings (SSSR count). The van der Waals surface area contributed by atoms with E-state index in [4.69, 9.17) is 25.8 Å². The van der Waals surface area contributed by atoms with Crippen LogP contribution in [-0.2, 0) is 20.9 Å². The van der Waals surface area contributed by atoms with Gasteiger partial charge in [0.25, 0.3) is 5.91 Å². The van der Waals surface area contributed by atoms with Crippen LogP contribution in [-0.4, -0.2) is 32.2 Å². The van der Waals surface area contributed by atoms with Crippen molar-refractivity contribution in [3.05, 3.63) is 59.1 Å². The highest BCUT2D eigenvalue weighted by Gasteiger charge is 2.09. The van der Waals surface area contributed by atoms with Crippen LogP contribution < -0.4 is 14.8 Å². The molecule has 0 aliphatic rings. The van der Waals surface area contributed by atoms with Crippen molar-refractivity contribution in [3.63, 3.8) is 0 Å². The first-order valence-corrected chi connectivity index (χ1v) is 7.89. The molecule has 7 heteroatoms. The van der Waals surface area contributed by atoms with E-state index >= 15 is 0 Å². The predicted octanol–water partition coefficient (Wildman–Crippen LogP) is 2.59. The Morgan fingerprint density at radius 2 is 1.88 bits per heavy atom. The normalized spacial score (nSPS) is 10.0. The number of esters is 1. The van der Waals surface area contributed by atoms with Crippen molar-refractivity contribution >= 4 is 23.5 Å². The third kappa shape index (κ3) is 6.35. The van der Waals surface area contributed by atoms with Gasteiger partial charge in [0.2, 0.25) is 0 Å². The standard InChI is InChI=1S/C18H18ClNO5/c1-23-14-6-4-5-13(9-14)10-20-17(21)11-25-18(22)12-24-16-8-3-2-7-15(16)19/h2-9H,10-12H2,1H3,(H,20,21). The van der Waals surface area contributed by atoms with E-state index in [0.29, 0.717) is 23.1 Å². The molecular formula is C18H18ClNO5. The Morgan fingerprint density at radius 1 is 1.08 bits per heavy atom. The molecular weight excluding hydrogens is 346 g/mol. The maximum atomic E-state index is 11.7. The largest absolute Gasteiger partial charge is 0.497 e. The first-order valence-electron chi connectivity index (χ1n) is 7.51. The molecule has 2 aromatic rings. The van der Waals surface area contributed by atoms with Gasteiger partial charge in [-0.15, -0.1) is 0 Å². The molecule has 0 saturated carbocycles. The minimum Gasteiger partial charge on any atom is -0.497 e. The summed E-state index contributed by atoms with van der Waals surface area (Å²) in [6, 6.07) is 14.1. The van der Waals surface area contributed by atoms with Crippen LogP contribution in [0.1, 0.15) is 5.56 Å². The molecule has 1 amide bonds. The van der Waals surface area contributed by atoms with Gasteiger partial charge in [0.1, 0.15) is 11.5 Å². The number of hydrogen-bond donors (Lipinski definition) is 1. The minimum atomic E-state index is -0.656. The SMILES string of the molecule is COc1cccc(CNC(=O)COC(=O)COc2ccccc2Cl)c1. The number of carbonyl (C=O) groups excluding carboxylic acids is 2. The van der Waals surface area contributed by atoms with Gasteiger partial charge in [-0.3, -0.25) is 4.79 Å². The Bertz CT molecular complexity index is 735. The lowest BCUT2D eigenvalue weighted by Crippen LogP contribution is -2.29. The van der Waals surface area contributed by atoms with Gasteiger partial charge < -0.3 is 19.5 Å². The predicted molar refractivity (Wildman–Crippen MR) is 92.7 cm³/mol. The van der Waals surface area contributed by atoms with E-state index in [2.05, 4.69) is 5.32 Å². The van der Waals surface area contributed by atoms with Crippen LogP contribution in [0, 0.1) is 0 Å². The number of benzene rings is 2. The van der Waals surface area contributed by atoms with Gasteiger partial charge >= 0.3 is 5.97 Å². The topological polar surface area (TPSA) is 73.9 Å². The number of halogens is 1. The van der Waals surface area contributed by atoms with E-state index < -0.39 is 11.9 Å². The smallest absolute Gasteiger partial charge is 0.344 e. The monoisotopic (exact) mass is 363 g/mol. The Balaban J connectivity index is 1.68. The van der Waals surface area contributed by atoms with Gasteiger partial charge in [0.05, 0.1) is 12.1 Å². The average molecular weight is 364 g/mol. The number of hydrogen-bond acceptors (Lipinski definition) is 5. The molecule has 0 atom stereocenters. The van der Waals surface area contributed by atoms with Gasteiger partial charge in [-0.1, -0.05) is 35.9 Å². The van der Waals surface area contributed by atoms with Crippen LogP contribution in [0.2, 0.25) is 5.02 Å². The van der Waals surface area contributed by atoms with Crippen molar-refractivity contribution in [3.8, 4) is 11.5 Å². The maximum absolute atomic E-state index is 11.7. The third-order valence-electron chi connectivity index (χ3n) is 3.17. The molecule has 0 fully saturated rings. The summed E-state index contributed by atoms with van der Waals surface area (Å²) in [5.41, 5.74) is 0.876. The zero-order chi connectivity index (χ0) is 18.1. The summed E-state index contributed by atoms with van der Waals surface area (Å²) in [4.78, 5) is 23.3. The second-order valence-corrected chi connectivity index (χ2v) is 5.42. The summed E-state index contributed by atoms with van der Waals surface area (Å²) in [5.74, 6) is 0.0175. The lowest BCUT2D eigenvalue weighted by molar-refractivity contribution is -0.150. The molecule has 0 aliphatic carbocycles. The van der Waals surface area contributed by atoms with E-state index in [9.17, 15) is 9.59 Å². The maximum Gasteiger partial charge on any atom is 0.344 e. The van der Waals surface area contributed by atoms with E-state index in [1.807, 2.05) is 24.3 Å². The summed E-state index contributed by atoms with van der Waals surface area (Å²) in [6.45, 7) is -0.398. The van der Waals surface area contributed by atoms with Crippen molar-refractivity contribution < 1.29 is 23.8 Å². The highest BCUT2D eigenvalue weighted by Crippen LogP contribution is 2.22. The van der Waals surface area contributed by atoms with Crippen LogP contribution in [0.5, 0.6) is 11.5 Å². The zero-order valence-electron chi connectivity index (χ0n) is 13.7. The van der Waals surface area contributed by atoms with Crippen LogP contribution >= 0.6 is 11.6 Å². The van der Waals surface area contributed by atoms with Crippen molar-refractivity contribution in [2.24, 2.45) is 0 Å². The number of methoxy groups -OCH3 is 1. The molecule has 0 saturated heterocycles. The summed E-state index contributed by atoms with van der Waals surface area (Å²) >= 11 is 5.91. The van der Waals surface area contributed by atoms with E-state index in [1.165, 1.54) is 0 Å². The molecule has 0 unspecified atom stereocenters. The Kier molecular flexibility index (Phi) is 7.10. The fraction of sp³-hybridized carbons (Fsp3) is 0.222.